The third-order valence-corrected chi connectivity index (χ3v) is 3.10. The highest BCUT2D eigenvalue weighted by atomic mass is 16.4. The zero-order valence-corrected chi connectivity index (χ0v) is 10.4. The molecule has 0 bridgehead atoms. The molecule has 1 aromatic carbocycles. The molecule has 0 saturated heterocycles. The average Bonchev–Trinajstić information content (AvgIpc) is 2.30. The summed E-state index contributed by atoms with van der Waals surface area (Å²) >= 11 is 0. The van der Waals surface area contributed by atoms with Crippen molar-refractivity contribution < 1.29 is 15.0 Å². The van der Waals surface area contributed by atoms with Crippen LogP contribution in [-0.4, -0.2) is 22.3 Å². The number of carbonyl (C=O) groups is 1. The maximum absolute atomic E-state index is 11.2. The van der Waals surface area contributed by atoms with E-state index in [0.717, 1.165) is 11.1 Å². The summed E-state index contributed by atoms with van der Waals surface area (Å²) in [7, 11) is 0. The molecule has 0 aliphatic rings. The van der Waals surface area contributed by atoms with Gasteiger partial charge >= 0.3 is 5.97 Å². The van der Waals surface area contributed by atoms with Gasteiger partial charge in [-0.1, -0.05) is 31.2 Å². The van der Waals surface area contributed by atoms with Crippen LogP contribution < -0.4 is 0 Å². The molecule has 0 heterocycles. The highest BCUT2D eigenvalue weighted by Gasteiger charge is 2.21. The first-order chi connectivity index (χ1) is 8.04. The molecule has 2 unspecified atom stereocenters. The van der Waals surface area contributed by atoms with Gasteiger partial charge in [-0.05, 0) is 37.3 Å². The molecule has 0 spiro atoms. The van der Waals surface area contributed by atoms with Gasteiger partial charge in [0.1, 0.15) is 0 Å². The largest absolute Gasteiger partial charge is 0.481 e. The standard InChI is InChI=1S/C14H20O3/c1-3-13(15)9-12(14(16)17)8-11-7-5-4-6-10(11)2/h4-7,12-13,15H,3,8-9H2,1-2H3,(H,16,17). The molecular formula is C14H20O3. The average molecular weight is 236 g/mol. The van der Waals surface area contributed by atoms with Crippen molar-refractivity contribution in [1.82, 2.24) is 0 Å². The van der Waals surface area contributed by atoms with E-state index in [0.29, 0.717) is 19.3 Å². The Morgan fingerprint density at radius 3 is 2.53 bits per heavy atom. The lowest BCUT2D eigenvalue weighted by molar-refractivity contribution is -0.142. The van der Waals surface area contributed by atoms with E-state index in [4.69, 9.17) is 5.11 Å². The van der Waals surface area contributed by atoms with Crippen LogP contribution in [0.2, 0.25) is 0 Å². The van der Waals surface area contributed by atoms with Gasteiger partial charge in [0, 0.05) is 0 Å². The van der Waals surface area contributed by atoms with Crippen LogP contribution in [0.1, 0.15) is 30.9 Å². The van der Waals surface area contributed by atoms with E-state index in [9.17, 15) is 9.90 Å². The third-order valence-electron chi connectivity index (χ3n) is 3.10. The molecule has 0 aliphatic carbocycles. The predicted molar refractivity (Wildman–Crippen MR) is 66.9 cm³/mol. The first kappa shape index (κ1) is 13.7. The highest BCUT2D eigenvalue weighted by Crippen LogP contribution is 2.18. The molecule has 0 radical (unpaired) electrons. The highest BCUT2D eigenvalue weighted by molar-refractivity contribution is 5.70. The normalized spacial score (nSPS) is 14.3. The van der Waals surface area contributed by atoms with Crippen LogP contribution in [0.25, 0.3) is 0 Å². The molecule has 3 nitrogen and oxygen atoms in total. The molecule has 1 rings (SSSR count). The number of aliphatic hydroxyl groups excluding tert-OH is 1. The number of aliphatic hydroxyl groups is 1. The van der Waals surface area contributed by atoms with Crippen LogP contribution in [0.4, 0.5) is 0 Å². The number of aliphatic carboxylic acids is 1. The van der Waals surface area contributed by atoms with Gasteiger partial charge in [0.15, 0.2) is 0 Å². The van der Waals surface area contributed by atoms with Gasteiger partial charge in [-0.15, -0.1) is 0 Å². The van der Waals surface area contributed by atoms with Crippen LogP contribution in [0.3, 0.4) is 0 Å². The molecule has 94 valence electrons. The van der Waals surface area contributed by atoms with E-state index < -0.39 is 18.0 Å². The number of hydrogen-bond donors (Lipinski definition) is 2. The van der Waals surface area contributed by atoms with Crippen molar-refractivity contribution in [1.29, 1.82) is 0 Å². The lowest BCUT2D eigenvalue weighted by Crippen LogP contribution is -2.22. The lowest BCUT2D eigenvalue weighted by atomic mass is 9.91. The summed E-state index contributed by atoms with van der Waals surface area (Å²) in [5, 5.41) is 18.7. The second-order valence-corrected chi connectivity index (χ2v) is 4.46. The van der Waals surface area contributed by atoms with Crippen LogP contribution in [0.5, 0.6) is 0 Å². The van der Waals surface area contributed by atoms with Crippen LogP contribution >= 0.6 is 0 Å². The Morgan fingerprint density at radius 1 is 1.35 bits per heavy atom. The summed E-state index contributed by atoms with van der Waals surface area (Å²) in [4.78, 5) is 11.2. The van der Waals surface area contributed by atoms with E-state index in [1.807, 2.05) is 38.1 Å². The maximum atomic E-state index is 11.2. The van der Waals surface area contributed by atoms with Gasteiger partial charge in [-0.25, -0.2) is 0 Å². The Morgan fingerprint density at radius 2 is 2.00 bits per heavy atom. The maximum Gasteiger partial charge on any atom is 0.306 e. The van der Waals surface area contributed by atoms with E-state index in [1.165, 1.54) is 0 Å². The second-order valence-electron chi connectivity index (χ2n) is 4.46. The summed E-state index contributed by atoms with van der Waals surface area (Å²) in [6.07, 6.45) is 0.872. The van der Waals surface area contributed by atoms with E-state index in [2.05, 4.69) is 0 Å². The Bertz CT molecular complexity index is 373. The van der Waals surface area contributed by atoms with Gasteiger partial charge in [-0.2, -0.15) is 0 Å². The minimum atomic E-state index is -0.833. The Balaban J connectivity index is 2.74. The van der Waals surface area contributed by atoms with Crippen molar-refractivity contribution >= 4 is 5.97 Å². The van der Waals surface area contributed by atoms with Crippen molar-refractivity contribution in [2.24, 2.45) is 5.92 Å². The third kappa shape index (κ3) is 4.19. The van der Waals surface area contributed by atoms with Crippen molar-refractivity contribution in [3.05, 3.63) is 35.4 Å². The smallest absolute Gasteiger partial charge is 0.306 e. The number of benzene rings is 1. The summed E-state index contributed by atoms with van der Waals surface area (Å²) in [6.45, 7) is 3.84. The fourth-order valence-electron chi connectivity index (χ4n) is 1.87. The van der Waals surface area contributed by atoms with E-state index in [-0.39, 0.29) is 0 Å². The molecule has 2 N–H and O–H groups in total. The van der Waals surface area contributed by atoms with Gasteiger partial charge in [0.2, 0.25) is 0 Å². The van der Waals surface area contributed by atoms with Crippen molar-refractivity contribution in [2.75, 3.05) is 0 Å². The molecule has 3 heteroatoms. The van der Waals surface area contributed by atoms with Crippen molar-refractivity contribution in [3.8, 4) is 0 Å². The summed E-state index contributed by atoms with van der Waals surface area (Å²) in [6, 6.07) is 7.78. The quantitative estimate of drug-likeness (QED) is 0.797. The van der Waals surface area contributed by atoms with Gasteiger partial charge < -0.3 is 10.2 Å². The molecule has 2 atom stereocenters. The van der Waals surface area contributed by atoms with Crippen LogP contribution in [0, 0.1) is 12.8 Å². The SMILES string of the molecule is CCC(O)CC(Cc1ccccc1C)C(=O)O. The Hall–Kier alpha value is -1.35. The number of carboxylic acid groups (broad SMARTS) is 1. The zero-order chi connectivity index (χ0) is 12.8. The summed E-state index contributed by atoms with van der Waals surface area (Å²) in [5.74, 6) is -1.34. The second kappa shape index (κ2) is 6.40. The van der Waals surface area contributed by atoms with E-state index in [1.54, 1.807) is 0 Å². The Labute approximate surface area is 102 Å². The number of carboxylic acids is 1. The molecule has 0 aliphatic heterocycles. The number of hydrogen-bond acceptors (Lipinski definition) is 2. The molecule has 0 saturated carbocycles. The topological polar surface area (TPSA) is 57.5 Å². The van der Waals surface area contributed by atoms with Crippen molar-refractivity contribution in [3.63, 3.8) is 0 Å². The molecule has 1 aromatic rings. The summed E-state index contributed by atoms with van der Waals surface area (Å²) in [5.41, 5.74) is 2.15. The van der Waals surface area contributed by atoms with Crippen molar-refractivity contribution in [2.45, 2.75) is 39.2 Å². The van der Waals surface area contributed by atoms with E-state index >= 15 is 0 Å². The minimum absolute atomic E-state index is 0.320. The van der Waals surface area contributed by atoms with Gasteiger partial charge in [0.25, 0.3) is 0 Å². The lowest BCUT2D eigenvalue weighted by Gasteiger charge is -2.16. The fraction of sp³-hybridized carbons (Fsp3) is 0.500. The van der Waals surface area contributed by atoms with Gasteiger partial charge in [0.05, 0.1) is 12.0 Å². The minimum Gasteiger partial charge on any atom is -0.481 e. The molecule has 17 heavy (non-hydrogen) atoms. The number of aryl methyl sites for hydroxylation is 1. The molecule has 0 fully saturated rings. The number of rotatable bonds is 6. The summed E-state index contributed by atoms with van der Waals surface area (Å²) < 4.78 is 0. The van der Waals surface area contributed by atoms with Crippen LogP contribution in [-0.2, 0) is 11.2 Å². The first-order valence-electron chi connectivity index (χ1n) is 6.00. The zero-order valence-electron chi connectivity index (χ0n) is 10.4. The van der Waals surface area contributed by atoms with Gasteiger partial charge in [-0.3, -0.25) is 4.79 Å². The molecule has 0 amide bonds. The molecule has 0 aromatic heterocycles. The fourth-order valence-corrected chi connectivity index (χ4v) is 1.87. The van der Waals surface area contributed by atoms with Crippen LogP contribution in [0.15, 0.2) is 24.3 Å². The molecular weight excluding hydrogens is 216 g/mol. The predicted octanol–water partition coefficient (Wildman–Crippen LogP) is 2.40. The first-order valence-corrected chi connectivity index (χ1v) is 6.00. The monoisotopic (exact) mass is 236 g/mol. The Kier molecular flexibility index (Phi) is 5.16.